The molecule has 3 nitrogen and oxygen atoms in total. The highest BCUT2D eigenvalue weighted by atomic mass is 32.2. The number of hydrogen-bond donors (Lipinski definition) is 1. The van der Waals surface area contributed by atoms with Crippen molar-refractivity contribution >= 4 is 10.8 Å². The van der Waals surface area contributed by atoms with Gasteiger partial charge < -0.3 is 9.73 Å². The highest BCUT2D eigenvalue weighted by molar-refractivity contribution is 7.84. The van der Waals surface area contributed by atoms with Gasteiger partial charge in [-0.1, -0.05) is 13.8 Å². The monoisotopic (exact) mass is 229 g/mol. The maximum absolute atomic E-state index is 11.6. The zero-order valence-electron chi connectivity index (χ0n) is 9.58. The second-order valence-electron chi connectivity index (χ2n) is 4.04. The molecule has 0 saturated carbocycles. The molecule has 0 spiro atoms. The fraction of sp³-hybridized carbons (Fsp3) is 0.636. The first-order valence-corrected chi connectivity index (χ1v) is 6.67. The van der Waals surface area contributed by atoms with E-state index in [0.717, 1.165) is 23.8 Å². The summed E-state index contributed by atoms with van der Waals surface area (Å²) in [5, 5.41) is 3.01. The van der Waals surface area contributed by atoms with Crippen LogP contribution in [0.1, 0.15) is 25.4 Å². The summed E-state index contributed by atoms with van der Waals surface area (Å²) in [5.74, 6) is 3.45. The van der Waals surface area contributed by atoms with Gasteiger partial charge in [-0.05, 0) is 25.1 Å². The second-order valence-corrected chi connectivity index (χ2v) is 5.54. The first-order valence-electron chi connectivity index (χ1n) is 5.19. The van der Waals surface area contributed by atoms with E-state index in [2.05, 4.69) is 19.2 Å². The van der Waals surface area contributed by atoms with Crippen LogP contribution in [0.5, 0.6) is 0 Å². The molecule has 0 aliphatic carbocycles. The Bertz CT molecular complexity index is 320. The zero-order chi connectivity index (χ0) is 11.3. The third-order valence-corrected chi connectivity index (χ3v) is 3.54. The van der Waals surface area contributed by atoms with Gasteiger partial charge in [0.1, 0.15) is 11.5 Å². The highest BCUT2D eigenvalue weighted by Gasteiger charge is 2.08. The van der Waals surface area contributed by atoms with Crippen molar-refractivity contribution in [1.82, 2.24) is 5.32 Å². The van der Waals surface area contributed by atoms with E-state index in [0.29, 0.717) is 11.7 Å². The van der Waals surface area contributed by atoms with E-state index >= 15 is 0 Å². The van der Waals surface area contributed by atoms with Crippen LogP contribution in [0.15, 0.2) is 16.5 Å². The summed E-state index contributed by atoms with van der Waals surface area (Å²) in [5.41, 5.74) is 0. The summed E-state index contributed by atoms with van der Waals surface area (Å²) >= 11 is 0. The van der Waals surface area contributed by atoms with Crippen molar-refractivity contribution in [2.24, 2.45) is 5.92 Å². The SMILES string of the molecule is CNCc1ccc(CS(=O)CC(C)C)o1. The zero-order valence-corrected chi connectivity index (χ0v) is 10.4. The van der Waals surface area contributed by atoms with Crippen LogP contribution in [0.2, 0.25) is 0 Å². The lowest BCUT2D eigenvalue weighted by atomic mass is 10.3. The van der Waals surface area contributed by atoms with Crippen LogP contribution >= 0.6 is 0 Å². The Balaban J connectivity index is 2.46. The minimum Gasteiger partial charge on any atom is -0.464 e. The first kappa shape index (κ1) is 12.5. The van der Waals surface area contributed by atoms with E-state index in [-0.39, 0.29) is 0 Å². The van der Waals surface area contributed by atoms with Gasteiger partial charge in [0, 0.05) is 16.6 Å². The lowest BCUT2D eigenvalue weighted by Gasteiger charge is -2.02. The molecule has 1 unspecified atom stereocenters. The molecule has 0 bridgehead atoms. The molecule has 1 rings (SSSR count). The van der Waals surface area contributed by atoms with Crippen LogP contribution in [-0.2, 0) is 23.1 Å². The average Bonchev–Trinajstić information content (AvgIpc) is 2.51. The fourth-order valence-corrected chi connectivity index (χ4v) is 2.69. The van der Waals surface area contributed by atoms with Crippen molar-refractivity contribution in [3.63, 3.8) is 0 Å². The molecule has 0 amide bonds. The number of nitrogens with one attached hydrogen (secondary N) is 1. The van der Waals surface area contributed by atoms with Crippen molar-refractivity contribution in [3.8, 4) is 0 Å². The van der Waals surface area contributed by atoms with Crippen LogP contribution < -0.4 is 5.32 Å². The average molecular weight is 229 g/mol. The maximum atomic E-state index is 11.6. The lowest BCUT2D eigenvalue weighted by molar-refractivity contribution is 0.467. The molecule has 1 heterocycles. The maximum Gasteiger partial charge on any atom is 0.117 e. The number of rotatable bonds is 6. The largest absolute Gasteiger partial charge is 0.464 e. The van der Waals surface area contributed by atoms with Crippen LogP contribution in [-0.4, -0.2) is 17.0 Å². The van der Waals surface area contributed by atoms with Crippen LogP contribution in [0.4, 0.5) is 0 Å². The molecular weight excluding hydrogens is 210 g/mol. The van der Waals surface area contributed by atoms with Crippen molar-refractivity contribution in [3.05, 3.63) is 23.7 Å². The normalized spacial score (nSPS) is 13.3. The van der Waals surface area contributed by atoms with Gasteiger partial charge in [-0.2, -0.15) is 0 Å². The molecular formula is C11H19NO2S. The second kappa shape index (κ2) is 6.08. The third kappa shape index (κ3) is 4.62. The predicted molar refractivity (Wildman–Crippen MR) is 63.0 cm³/mol. The van der Waals surface area contributed by atoms with Gasteiger partial charge in [-0.3, -0.25) is 4.21 Å². The standard InChI is InChI=1S/C11H19NO2S/c1-9(2)7-15(13)8-11-5-4-10(14-11)6-12-3/h4-5,9,12H,6-8H2,1-3H3. The van der Waals surface area contributed by atoms with Gasteiger partial charge in [0.2, 0.25) is 0 Å². The van der Waals surface area contributed by atoms with E-state index in [9.17, 15) is 4.21 Å². The van der Waals surface area contributed by atoms with Gasteiger partial charge >= 0.3 is 0 Å². The summed E-state index contributed by atoms with van der Waals surface area (Å²) in [6, 6.07) is 3.84. The Hall–Kier alpha value is -0.610. The highest BCUT2D eigenvalue weighted by Crippen LogP contribution is 2.11. The van der Waals surface area contributed by atoms with E-state index in [1.165, 1.54) is 0 Å². The quantitative estimate of drug-likeness (QED) is 0.810. The molecule has 4 heteroatoms. The number of hydrogen-bond acceptors (Lipinski definition) is 3. The third-order valence-electron chi connectivity index (χ3n) is 1.89. The Morgan fingerprint density at radius 3 is 2.67 bits per heavy atom. The fourth-order valence-electron chi connectivity index (χ4n) is 1.36. The van der Waals surface area contributed by atoms with Crippen LogP contribution in [0.3, 0.4) is 0 Å². The smallest absolute Gasteiger partial charge is 0.117 e. The van der Waals surface area contributed by atoms with Crippen molar-refractivity contribution in [2.75, 3.05) is 12.8 Å². The predicted octanol–water partition coefficient (Wildman–Crippen LogP) is 1.90. The molecule has 1 N–H and O–H groups in total. The molecule has 1 atom stereocenters. The number of furan rings is 1. The molecule has 15 heavy (non-hydrogen) atoms. The van der Waals surface area contributed by atoms with E-state index in [1.54, 1.807) is 0 Å². The van der Waals surface area contributed by atoms with Crippen molar-refractivity contribution < 1.29 is 8.63 Å². The molecule has 0 aliphatic rings. The Morgan fingerprint density at radius 1 is 1.40 bits per heavy atom. The Kier molecular flexibility index (Phi) is 5.05. The Morgan fingerprint density at radius 2 is 2.07 bits per heavy atom. The van der Waals surface area contributed by atoms with Crippen LogP contribution in [0, 0.1) is 5.92 Å². The molecule has 0 saturated heterocycles. The van der Waals surface area contributed by atoms with Gasteiger partial charge in [-0.15, -0.1) is 0 Å². The topological polar surface area (TPSA) is 42.2 Å². The molecule has 1 aromatic rings. The summed E-state index contributed by atoms with van der Waals surface area (Å²) < 4.78 is 17.1. The molecule has 1 aromatic heterocycles. The minimum atomic E-state index is -0.806. The van der Waals surface area contributed by atoms with E-state index < -0.39 is 10.8 Å². The van der Waals surface area contributed by atoms with E-state index in [1.807, 2.05) is 19.2 Å². The Labute approximate surface area is 93.7 Å². The lowest BCUT2D eigenvalue weighted by Crippen LogP contribution is -2.06. The molecule has 86 valence electrons. The summed E-state index contributed by atoms with van der Waals surface area (Å²) in [7, 11) is 1.07. The van der Waals surface area contributed by atoms with Gasteiger partial charge in [0.15, 0.2) is 0 Å². The van der Waals surface area contributed by atoms with Gasteiger partial charge in [0.05, 0.1) is 12.3 Å². The van der Waals surface area contributed by atoms with Crippen molar-refractivity contribution in [1.29, 1.82) is 0 Å². The van der Waals surface area contributed by atoms with E-state index in [4.69, 9.17) is 4.42 Å². The molecule has 0 aliphatic heterocycles. The minimum absolute atomic E-state index is 0.470. The first-order chi connectivity index (χ1) is 7.11. The van der Waals surface area contributed by atoms with Gasteiger partial charge in [0.25, 0.3) is 0 Å². The summed E-state index contributed by atoms with van der Waals surface area (Å²) in [6.07, 6.45) is 0. The summed E-state index contributed by atoms with van der Waals surface area (Å²) in [6.45, 7) is 4.87. The summed E-state index contributed by atoms with van der Waals surface area (Å²) in [4.78, 5) is 0. The van der Waals surface area contributed by atoms with Gasteiger partial charge in [-0.25, -0.2) is 0 Å². The molecule has 0 aromatic carbocycles. The molecule has 0 fully saturated rings. The van der Waals surface area contributed by atoms with Crippen molar-refractivity contribution in [2.45, 2.75) is 26.1 Å². The molecule has 0 radical (unpaired) electrons. The van der Waals surface area contributed by atoms with Crippen LogP contribution in [0.25, 0.3) is 0 Å².